The summed E-state index contributed by atoms with van der Waals surface area (Å²) < 4.78 is 19.3. The van der Waals surface area contributed by atoms with Crippen molar-refractivity contribution in [1.82, 2.24) is 0 Å². The zero-order valence-electron chi connectivity index (χ0n) is 10.0. The molecule has 2 rings (SSSR count). The summed E-state index contributed by atoms with van der Waals surface area (Å²) in [5.74, 6) is -0.454. The van der Waals surface area contributed by atoms with E-state index in [4.69, 9.17) is 4.74 Å². The number of hydrogen-bond acceptors (Lipinski definition) is 2. The predicted octanol–water partition coefficient (Wildman–Crippen LogP) is 3.53. The fourth-order valence-electron chi connectivity index (χ4n) is 1.64. The molecule has 0 aliphatic carbocycles. The average Bonchev–Trinajstić information content (AvgIpc) is 2.41. The van der Waals surface area contributed by atoms with Gasteiger partial charge >= 0.3 is 0 Å². The van der Waals surface area contributed by atoms with Crippen molar-refractivity contribution in [3.63, 3.8) is 0 Å². The molecular weight excluding hydrogens is 231 g/mol. The highest BCUT2D eigenvalue weighted by molar-refractivity contribution is 5.79. The van der Waals surface area contributed by atoms with Crippen molar-refractivity contribution in [2.75, 3.05) is 0 Å². The average molecular weight is 244 g/mol. The quantitative estimate of drug-likeness (QED) is 0.769. The lowest BCUT2D eigenvalue weighted by molar-refractivity contribution is 0.111. The van der Waals surface area contributed by atoms with Crippen molar-refractivity contribution in [2.45, 2.75) is 13.5 Å². The topological polar surface area (TPSA) is 26.3 Å². The van der Waals surface area contributed by atoms with Gasteiger partial charge in [-0.25, -0.2) is 4.39 Å². The van der Waals surface area contributed by atoms with Crippen LogP contribution < -0.4 is 4.74 Å². The van der Waals surface area contributed by atoms with Gasteiger partial charge in [-0.3, -0.25) is 4.79 Å². The third kappa shape index (κ3) is 2.56. The molecule has 2 aromatic rings. The number of aryl methyl sites for hydroxylation is 1. The van der Waals surface area contributed by atoms with Crippen LogP contribution in [0.15, 0.2) is 42.5 Å². The van der Waals surface area contributed by atoms with Gasteiger partial charge in [-0.1, -0.05) is 36.4 Å². The van der Waals surface area contributed by atoms with E-state index in [0.29, 0.717) is 11.8 Å². The molecule has 0 radical (unpaired) electrons. The minimum Gasteiger partial charge on any atom is -0.485 e. The summed E-state index contributed by atoms with van der Waals surface area (Å²) in [5, 5.41) is 0. The van der Waals surface area contributed by atoms with Crippen molar-refractivity contribution < 1.29 is 13.9 Å². The maximum atomic E-state index is 13.9. The molecule has 0 amide bonds. The van der Waals surface area contributed by atoms with Crippen LogP contribution in [0.25, 0.3) is 0 Å². The van der Waals surface area contributed by atoms with E-state index in [2.05, 4.69) is 0 Å². The van der Waals surface area contributed by atoms with E-state index in [1.165, 1.54) is 0 Å². The Kier molecular flexibility index (Phi) is 3.72. The minimum absolute atomic E-state index is 0.0221. The molecule has 0 aromatic heterocycles. The summed E-state index contributed by atoms with van der Waals surface area (Å²) in [6.07, 6.45) is 0.600. The van der Waals surface area contributed by atoms with Crippen LogP contribution in [0.1, 0.15) is 21.5 Å². The molecule has 0 bridgehead atoms. The van der Waals surface area contributed by atoms with Gasteiger partial charge < -0.3 is 4.74 Å². The fourth-order valence-corrected chi connectivity index (χ4v) is 1.64. The lowest BCUT2D eigenvalue weighted by Crippen LogP contribution is -2.02. The highest BCUT2D eigenvalue weighted by atomic mass is 19.1. The van der Waals surface area contributed by atoms with E-state index < -0.39 is 5.82 Å². The highest BCUT2D eigenvalue weighted by Crippen LogP contribution is 2.25. The Labute approximate surface area is 105 Å². The van der Waals surface area contributed by atoms with E-state index in [1.54, 1.807) is 19.1 Å². The van der Waals surface area contributed by atoms with E-state index in [0.717, 1.165) is 5.56 Å². The molecule has 0 atom stereocenters. The predicted molar refractivity (Wildman–Crippen MR) is 67.3 cm³/mol. The Morgan fingerprint density at radius 2 is 1.89 bits per heavy atom. The Bertz CT molecular complexity index is 550. The summed E-state index contributed by atoms with van der Waals surface area (Å²) in [7, 11) is 0. The molecule has 18 heavy (non-hydrogen) atoms. The van der Waals surface area contributed by atoms with Crippen LogP contribution in [0.2, 0.25) is 0 Å². The van der Waals surface area contributed by atoms with Crippen molar-refractivity contribution in [1.29, 1.82) is 0 Å². The molecule has 2 nitrogen and oxygen atoms in total. The molecule has 0 saturated heterocycles. The number of aldehydes is 1. The molecule has 0 unspecified atom stereocenters. The number of rotatable bonds is 4. The molecule has 2 aromatic carbocycles. The number of carbonyl (C=O) groups is 1. The zero-order chi connectivity index (χ0) is 13.0. The molecule has 0 heterocycles. The number of benzene rings is 2. The maximum Gasteiger partial charge on any atom is 0.168 e. The van der Waals surface area contributed by atoms with E-state index in [9.17, 15) is 9.18 Å². The minimum atomic E-state index is -0.476. The van der Waals surface area contributed by atoms with Crippen LogP contribution in [-0.2, 0) is 6.61 Å². The fraction of sp³-hybridized carbons (Fsp3) is 0.133. The highest BCUT2D eigenvalue weighted by Gasteiger charge is 2.12. The van der Waals surface area contributed by atoms with Crippen molar-refractivity contribution in [2.24, 2.45) is 0 Å². The Balaban J connectivity index is 2.23. The maximum absolute atomic E-state index is 13.9. The first-order chi connectivity index (χ1) is 8.72. The van der Waals surface area contributed by atoms with E-state index in [1.807, 2.05) is 30.3 Å². The van der Waals surface area contributed by atoms with Gasteiger partial charge in [-0.15, -0.1) is 0 Å². The molecule has 3 heteroatoms. The van der Waals surface area contributed by atoms with Gasteiger partial charge in [0.2, 0.25) is 0 Å². The molecule has 0 saturated carbocycles. The van der Waals surface area contributed by atoms with Crippen molar-refractivity contribution in [3.8, 4) is 5.75 Å². The zero-order valence-corrected chi connectivity index (χ0v) is 10.0. The van der Waals surface area contributed by atoms with Gasteiger partial charge in [0, 0.05) is 0 Å². The molecule has 92 valence electrons. The lowest BCUT2D eigenvalue weighted by atomic mass is 10.1. The molecule has 0 fully saturated rings. The number of ether oxygens (including phenoxy) is 1. The number of hydrogen-bond donors (Lipinski definition) is 0. The molecule has 0 aliphatic rings. The molecule has 0 spiro atoms. The Morgan fingerprint density at radius 1 is 1.17 bits per heavy atom. The smallest absolute Gasteiger partial charge is 0.168 e. The van der Waals surface area contributed by atoms with Crippen LogP contribution in [0.4, 0.5) is 4.39 Å². The summed E-state index contributed by atoms with van der Waals surface area (Å²) in [6.45, 7) is 1.88. The van der Waals surface area contributed by atoms with Crippen molar-refractivity contribution in [3.05, 3.63) is 65.0 Å². The molecule has 0 N–H and O–H groups in total. The molecular formula is C15H13FO2. The second-order valence-corrected chi connectivity index (χ2v) is 4.01. The summed E-state index contributed by atoms with van der Waals surface area (Å²) >= 11 is 0. The van der Waals surface area contributed by atoms with Crippen molar-refractivity contribution >= 4 is 6.29 Å². The first-order valence-electron chi connectivity index (χ1n) is 5.63. The van der Waals surface area contributed by atoms with Crippen LogP contribution in [0, 0.1) is 12.7 Å². The second kappa shape index (κ2) is 5.45. The van der Waals surface area contributed by atoms with Gasteiger partial charge in [0.05, 0.1) is 5.56 Å². The Hall–Kier alpha value is -2.16. The van der Waals surface area contributed by atoms with Crippen LogP contribution >= 0.6 is 0 Å². The van der Waals surface area contributed by atoms with Crippen LogP contribution in [-0.4, -0.2) is 6.29 Å². The SMILES string of the molecule is Cc1ccc(C=O)c(OCc2ccccc2)c1F. The van der Waals surface area contributed by atoms with Gasteiger partial charge in [-0.2, -0.15) is 0 Å². The summed E-state index contributed by atoms with van der Waals surface area (Å²) in [5.41, 5.74) is 1.62. The van der Waals surface area contributed by atoms with Gasteiger partial charge in [0.15, 0.2) is 17.9 Å². The Morgan fingerprint density at radius 3 is 2.56 bits per heavy atom. The van der Waals surface area contributed by atoms with Gasteiger partial charge in [0.25, 0.3) is 0 Å². The van der Waals surface area contributed by atoms with Crippen LogP contribution in [0.3, 0.4) is 0 Å². The van der Waals surface area contributed by atoms with E-state index >= 15 is 0 Å². The first kappa shape index (κ1) is 12.3. The normalized spacial score (nSPS) is 10.1. The number of halogens is 1. The molecule has 0 aliphatic heterocycles. The van der Waals surface area contributed by atoms with Crippen LogP contribution in [0.5, 0.6) is 5.75 Å². The van der Waals surface area contributed by atoms with Gasteiger partial charge in [0.1, 0.15) is 6.61 Å². The third-order valence-electron chi connectivity index (χ3n) is 2.67. The summed E-state index contributed by atoms with van der Waals surface area (Å²) in [6, 6.07) is 12.5. The number of carbonyl (C=O) groups excluding carboxylic acids is 1. The van der Waals surface area contributed by atoms with Gasteiger partial charge in [-0.05, 0) is 24.1 Å². The summed E-state index contributed by atoms with van der Waals surface area (Å²) in [4.78, 5) is 10.9. The monoisotopic (exact) mass is 244 g/mol. The first-order valence-corrected chi connectivity index (χ1v) is 5.63. The third-order valence-corrected chi connectivity index (χ3v) is 2.67. The standard InChI is InChI=1S/C15H13FO2/c1-11-7-8-13(9-17)15(14(11)16)18-10-12-5-3-2-4-6-12/h2-9H,10H2,1H3. The van der Waals surface area contributed by atoms with E-state index in [-0.39, 0.29) is 17.9 Å². The lowest BCUT2D eigenvalue weighted by Gasteiger charge is -2.11. The second-order valence-electron chi connectivity index (χ2n) is 4.01. The largest absolute Gasteiger partial charge is 0.485 e.